The van der Waals surface area contributed by atoms with Gasteiger partial charge in [-0.1, -0.05) is 0 Å². The van der Waals surface area contributed by atoms with E-state index in [9.17, 15) is 36.6 Å². The van der Waals surface area contributed by atoms with E-state index in [2.05, 4.69) is 30.7 Å². The first kappa shape index (κ1) is 29.0. The van der Waals surface area contributed by atoms with E-state index in [0.717, 1.165) is 6.33 Å². The Morgan fingerprint density at radius 3 is 2.60 bits per heavy atom. The monoisotopic (exact) mass is 571 g/mol. The Morgan fingerprint density at radius 1 is 1.20 bits per heavy atom. The fourth-order valence-corrected chi connectivity index (χ4v) is 4.39. The van der Waals surface area contributed by atoms with Crippen LogP contribution in [-0.4, -0.2) is 60.7 Å². The molecule has 3 heterocycles. The summed E-state index contributed by atoms with van der Waals surface area (Å²) in [6.45, 7) is 0. The van der Waals surface area contributed by atoms with Crippen LogP contribution >= 0.6 is 0 Å². The predicted octanol–water partition coefficient (Wildman–Crippen LogP) is 3.27. The molecule has 2 atom stereocenters. The molecule has 0 spiro atoms. The molecule has 40 heavy (non-hydrogen) atoms. The Morgan fingerprint density at radius 2 is 1.93 bits per heavy atom. The number of aromatic nitrogens is 5. The first-order valence-corrected chi connectivity index (χ1v) is 12.3. The fourth-order valence-electron chi connectivity index (χ4n) is 4.39. The van der Waals surface area contributed by atoms with E-state index in [0.29, 0.717) is 5.69 Å². The number of carbonyl (C=O) groups excluding carboxylic acids is 2. The van der Waals surface area contributed by atoms with Gasteiger partial charge in [-0.2, -0.15) is 18.3 Å². The number of nitrogens with zero attached hydrogens (tertiary/aromatic N) is 5. The summed E-state index contributed by atoms with van der Waals surface area (Å²) in [5.74, 6) is -4.66. The van der Waals surface area contributed by atoms with Crippen molar-refractivity contribution >= 4 is 17.5 Å². The number of aliphatic hydroxyl groups is 1. The zero-order chi connectivity index (χ0) is 29.1. The smallest absolute Gasteiger partial charge is 0.389 e. The molecule has 3 aromatic heterocycles. The van der Waals surface area contributed by atoms with Crippen LogP contribution in [0, 0.1) is 5.92 Å². The van der Waals surface area contributed by atoms with Crippen molar-refractivity contribution in [3.63, 3.8) is 0 Å². The Labute approximate surface area is 224 Å². The van der Waals surface area contributed by atoms with Gasteiger partial charge in [0.1, 0.15) is 12.0 Å². The highest BCUT2D eigenvalue weighted by molar-refractivity contribution is 5.92. The van der Waals surface area contributed by atoms with Gasteiger partial charge in [0.2, 0.25) is 17.7 Å². The fraction of sp³-hybridized carbons (Fsp3) is 0.500. The summed E-state index contributed by atoms with van der Waals surface area (Å²) in [5, 5.41) is 19.3. The lowest BCUT2D eigenvalue weighted by Gasteiger charge is -2.33. The van der Waals surface area contributed by atoms with Gasteiger partial charge in [0, 0.05) is 30.9 Å². The maximum atomic E-state index is 13.9. The first-order chi connectivity index (χ1) is 18.8. The minimum absolute atomic E-state index is 0.00782. The van der Waals surface area contributed by atoms with Crippen molar-refractivity contribution in [1.82, 2.24) is 35.2 Å². The number of aliphatic hydroxyl groups excluding tert-OH is 1. The van der Waals surface area contributed by atoms with Crippen LogP contribution in [-0.2, 0) is 4.79 Å². The minimum Gasteiger partial charge on any atom is -0.481 e. The number of methoxy groups -OCH3 is 1. The van der Waals surface area contributed by atoms with Crippen molar-refractivity contribution in [2.24, 2.45) is 5.92 Å². The molecule has 3 aromatic rings. The summed E-state index contributed by atoms with van der Waals surface area (Å²) in [4.78, 5) is 37.1. The maximum absolute atomic E-state index is 13.9. The second-order valence-corrected chi connectivity index (χ2v) is 9.43. The lowest BCUT2D eigenvalue weighted by Crippen LogP contribution is -2.37. The zero-order valence-corrected chi connectivity index (χ0v) is 21.2. The number of alkyl halides is 5. The van der Waals surface area contributed by atoms with Crippen molar-refractivity contribution < 1.29 is 41.4 Å². The van der Waals surface area contributed by atoms with E-state index < -0.39 is 54.9 Å². The molecule has 4 rings (SSSR count). The van der Waals surface area contributed by atoms with Crippen LogP contribution in [0.2, 0.25) is 0 Å². The Bertz CT molecular complexity index is 1360. The number of rotatable bonds is 9. The van der Waals surface area contributed by atoms with Crippen molar-refractivity contribution in [1.29, 1.82) is 0 Å². The highest BCUT2D eigenvalue weighted by atomic mass is 19.4. The summed E-state index contributed by atoms with van der Waals surface area (Å²) < 4.78 is 71.2. The van der Waals surface area contributed by atoms with Crippen molar-refractivity contribution in [3.8, 4) is 5.88 Å². The number of halogens is 5. The number of carbonyl (C=O) groups is 2. The van der Waals surface area contributed by atoms with Gasteiger partial charge in [-0.3, -0.25) is 9.59 Å². The molecule has 1 fully saturated rings. The largest absolute Gasteiger partial charge is 0.481 e. The topological polar surface area (TPSA) is 144 Å². The van der Waals surface area contributed by atoms with Crippen LogP contribution in [0.4, 0.5) is 22.0 Å². The molecule has 0 unspecified atom stereocenters. The molecule has 0 aromatic carbocycles. The van der Waals surface area contributed by atoms with Crippen molar-refractivity contribution in [2.75, 3.05) is 7.11 Å². The third kappa shape index (κ3) is 7.37. The number of fused-ring (bicyclic) bond motifs is 1. The molecular weight excluding hydrogens is 545 g/mol. The molecule has 0 radical (unpaired) electrons. The van der Waals surface area contributed by atoms with Crippen LogP contribution in [0.25, 0.3) is 5.65 Å². The third-order valence-corrected chi connectivity index (χ3v) is 6.53. The number of hydrogen-bond acceptors (Lipinski definition) is 8. The molecule has 11 nitrogen and oxygen atoms in total. The summed E-state index contributed by atoms with van der Waals surface area (Å²) >= 11 is 0. The van der Waals surface area contributed by atoms with Crippen LogP contribution in [0.5, 0.6) is 5.88 Å². The molecule has 1 aliphatic carbocycles. The van der Waals surface area contributed by atoms with Crippen molar-refractivity contribution in [2.45, 2.75) is 62.9 Å². The van der Waals surface area contributed by atoms with E-state index in [-0.39, 0.29) is 48.5 Å². The maximum Gasteiger partial charge on any atom is 0.389 e. The highest BCUT2D eigenvalue weighted by Crippen LogP contribution is 2.41. The molecule has 0 bridgehead atoms. The molecule has 1 saturated carbocycles. The van der Waals surface area contributed by atoms with Crippen LogP contribution < -0.4 is 15.4 Å². The lowest BCUT2D eigenvalue weighted by molar-refractivity contribution is -0.145. The second kappa shape index (κ2) is 11.7. The first-order valence-electron chi connectivity index (χ1n) is 12.3. The van der Waals surface area contributed by atoms with Crippen LogP contribution in [0.1, 0.15) is 72.5 Å². The van der Waals surface area contributed by atoms with Crippen LogP contribution in [0.3, 0.4) is 0 Å². The predicted molar refractivity (Wildman–Crippen MR) is 127 cm³/mol. The van der Waals surface area contributed by atoms with Gasteiger partial charge in [0.15, 0.2) is 11.9 Å². The molecule has 2 amide bonds. The standard InChI is InChI=1S/C24H26F5N7O4/c1-40-19-9-15(30-12-31-19)22(39)35-20(13-2-5-23(25,26)6-3-13)16-11-36-17(33-16)8-14(10-32-36)21(38)34-18(37)4-7-24(27,28)29/h8-13,20-21,38H,2-7H2,1H3,(H,34,37)(H,35,39)/t20-,21+/m0/s1. The number of imidazole rings is 1. The number of hydrogen-bond donors (Lipinski definition) is 3. The van der Waals surface area contributed by atoms with E-state index >= 15 is 0 Å². The molecule has 3 N–H and O–H groups in total. The normalized spacial score (nSPS) is 17.3. The SMILES string of the molecule is COc1cc(C(=O)N[C@H](c2cn3ncc([C@@H](O)NC(=O)CCC(F)(F)F)cc3n2)C2CCC(F)(F)CC2)ncn1. The zero-order valence-electron chi connectivity index (χ0n) is 21.2. The number of amides is 2. The van der Waals surface area contributed by atoms with Gasteiger partial charge in [-0.25, -0.2) is 28.2 Å². The molecule has 1 aliphatic rings. The summed E-state index contributed by atoms with van der Waals surface area (Å²) in [5.41, 5.74) is 0.528. The van der Waals surface area contributed by atoms with Gasteiger partial charge in [-0.15, -0.1) is 0 Å². The molecule has 0 saturated heterocycles. The molecule has 16 heteroatoms. The summed E-state index contributed by atoms with van der Waals surface area (Å²) in [7, 11) is 1.37. The number of ether oxygens (including phenoxy) is 1. The summed E-state index contributed by atoms with van der Waals surface area (Å²) in [6, 6.07) is 1.87. The van der Waals surface area contributed by atoms with Gasteiger partial charge < -0.3 is 20.5 Å². The van der Waals surface area contributed by atoms with E-state index in [1.54, 1.807) is 0 Å². The third-order valence-electron chi connectivity index (χ3n) is 6.53. The molecule has 0 aliphatic heterocycles. The average Bonchev–Trinajstić information content (AvgIpc) is 3.33. The van der Waals surface area contributed by atoms with Crippen LogP contribution in [0.15, 0.2) is 30.9 Å². The van der Waals surface area contributed by atoms with Gasteiger partial charge in [-0.05, 0) is 24.8 Å². The van der Waals surface area contributed by atoms with Gasteiger partial charge >= 0.3 is 6.18 Å². The lowest BCUT2D eigenvalue weighted by atomic mass is 9.81. The average molecular weight is 572 g/mol. The van der Waals surface area contributed by atoms with E-state index in [1.165, 1.54) is 36.2 Å². The summed E-state index contributed by atoms with van der Waals surface area (Å²) in [6.07, 6.45) is -5.04. The highest BCUT2D eigenvalue weighted by Gasteiger charge is 2.39. The van der Waals surface area contributed by atoms with E-state index in [4.69, 9.17) is 4.74 Å². The van der Waals surface area contributed by atoms with Gasteiger partial charge in [0.05, 0.1) is 37.7 Å². The molecule has 216 valence electrons. The Kier molecular flexibility index (Phi) is 8.46. The Hall–Kier alpha value is -3.95. The quantitative estimate of drug-likeness (QED) is 0.262. The van der Waals surface area contributed by atoms with Crippen molar-refractivity contribution in [3.05, 3.63) is 47.8 Å². The second-order valence-electron chi connectivity index (χ2n) is 9.43. The molecular formula is C24H26F5N7O4. The van der Waals surface area contributed by atoms with Gasteiger partial charge in [0.25, 0.3) is 5.91 Å². The van der Waals surface area contributed by atoms with E-state index in [1.807, 2.05) is 0 Å². The minimum atomic E-state index is -4.52. The number of nitrogens with one attached hydrogen (secondary N) is 2. The Balaban J connectivity index is 1.56.